The monoisotopic (exact) mass is 372 g/mol. The first-order valence-electron chi connectivity index (χ1n) is 8.77. The molecule has 0 aromatic heterocycles. The molecule has 2 aromatic carbocycles. The number of aryl methyl sites for hydroxylation is 2. The maximum absolute atomic E-state index is 12.6. The predicted octanol–water partition coefficient (Wildman–Crippen LogP) is 3.27. The topological polar surface area (TPSA) is 75.3 Å². The summed E-state index contributed by atoms with van der Waals surface area (Å²) in [5.74, 6) is 0.0449. The maximum atomic E-state index is 12.6. The summed E-state index contributed by atoms with van der Waals surface area (Å²) in [5.41, 5.74) is 2.95. The molecule has 0 atom stereocenters. The van der Waals surface area contributed by atoms with Gasteiger partial charge in [0.25, 0.3) is 10.0 Å². The van der Waals surface area contributed by atoms with E-state index in [0.717, 1.165) is 29.5 Å². The van der Waals surface area contributed by atoms with Crippen LogP contribution in [-0.4, -0.2) is 20.9 Å². The van der Waals surface area contributed by atoms with E-state index in [0.29, 0.717) is 12.2 Å². The minimum Gasteiger partial charge on any atom is -0.356 e. The fourth-order valence-electron chi connectivity index (χ4n) is 3.05. The Kier molecular flexibility index (Phi) is 4.80. The van der Waals surface area contributed by atoms with Gasteiger partial charge in [-0.2, -0.15) is 0 Å². The lowest BCUT2D eigenvalue weighted by Crippen LogP contribution is -2.34. The summed E-state index contributed by atoms with van der Waals surface area (Å²) in [6, 6.07) is 12.2. The van der Waals surface area contributed by atoms with Gasteiger partial charge in [-0.3, -0.25) is 9.52 Å². The van der Waals surface area contributed by atoms with Gasteiger partial charge in [-0.15, -0.1) is 0 Å². The van der Waals surface area contributed by atoms with Gasteiger partial charge in [-0.1, -0.05) is 18.2 Å². The van der Waals surface area contributed by atoms with E-state index < -0.39 is 15.4 Å². The van der Waals surface area contributed by atoms with Crippen molar-refractivity contribution in [1.29, 1.82) is 0 Å². The Morgan fingerprint density at radius 3 is 2.23 bits per heavy atom. The molecule has 0 radical (unpaired) electrons. The lowest BCUT2D eigenvalue weighted by molar-refractivity contribution is -0.123. The van der Waals surface area contributed by atoms with Gasteiger partial charge in [0.1, 0.15) is 0 Å². The highest BCUT2D eigenvalue weighted by Gasteiger charge is 2.50. The SMILES string of the molecule is CCNC(=O)C1(c2ccc(NS(=O)(=O)c3ccc(C)c(C)c3)cc2)CC1. The highest BCUT2D eigenvalue weighted by atomic mass is 32.2. The van der Waals surface area contributed by atoms with Crippen LogP contribution in [0, 0.1) is 13.8 Å². The summed E-state index contributed by atoms with van der Waals surface area (Å²) in [6.45, 7) is 6.34. The molecule has 1 aliphatic carbocycles. The van der Waals surface area contributed by atoms with Gasteiger partial charge in [0.15, 0.2) is 0 Å². The van der Waals surface area contributed by atoms with E-state index >= 15 is 0 Å². The third-order valence-corrected chi connectivity index (χ3v) is 6.38. The van der Waals surface area contributed by atoms with E-state index in [1.165, 1.54) is 0 Å². The number of hydrogen-bond donors (Lipinski definition) is 2. The fraction of sp³-hybridized carbons (Fsp3) is 0.350. The highest BCUT2D eigenvalue weighted by Crippen LogP contribution is 2.48. The summed E-state index contributed by atoms with van der Waals surface area (Å²) in [6.07, 6.45) is 1.65. The number of sulfonamides is 1. The van der Waals surface area contributed by atoms with Crippen LogP contribution in [0.5, 0.6) is 0 Å². The van der Waals surface area contributed by atoms with E-state index in [1.54, 1.807) is 30.3 Å². The molecule has 1 fully saturated rings. The molecule has 26 heavy (non-hydrogen) atoms. The van der Waals surface area contributed by atoms with E-state index in [2.05, 4.69) is 10.0 Å². The zero-order chi connectivity index (χ0) is 18.9. The lowest BCUT2D eigenvalue weighted by atomic mass is 9.95. The van der Waals surface area contributed by atoms with Crippen molar-refractivity contribution in [2.75, 3.05) is 11.3 Å². The Labute approximate surface area is 154 Å². The average molecular weight is 372 g/mol. The molecule has 5 nitrogen and oxygen atoms in total. The summed E-state index contributed by atoms with van der Waals surface area (Å²) < 4.78 is 27.8. The summed E-state index contributed by atoms with van der Waals surface area (Å²) >= 11 is 0. The van der Waals surface area contributed by atoms with Crippen LogP contribution in [0.1, 0.15) is 36.5 Å². The van der Waals surface area contributed by atoms with Gasteiger partial charge >= 0.3 is 0 Å². The van der Waals surface area contributed by atoms with Crippen molar-refractivity contribution in [1.82, 2.24) is 5.32 Å². The smallest absolute Gasteiger partial charge is 0.261 e. The molecule has 0 bridgehead atoms. The molecule has 3 rings (SSSR count). The van der Waals surface area contributed by atoms with Crippen LogP contribution in [0.15, 0.2) is 47.4 Å². The van der Waals surface area contributed by atoms with Crippen LogP contribution < -0.4 is 10.0 Å². The molecule has 1 saturated carbocycles. The zero-order valence-electron chi connectivity index (χ0n) is 15.3. The Balaban J connectivity index is 1.79. The summed E-state index contributed by atoms with van der Waals surface area (Å²) in [4.78, 5) is 12.5. The van der Waals surface area contributed by atoms with Crippen LogP contribution in [0.25, 0.3) is 0 Å². The van der Waals surface area contributed by atoms with E-state index in [9.17, 15) is 13.2 Å². The average Bonchev–Trinajstić information content (AvgIpc) is 3.40. The van der Waals surface area contributed by atoms with Gasteiger partial charge in [0.05, 0.1) is 10.3 Å². The first-order chi connectivity index (χ1) is 12.3. The van der Waals surface area contributed by atoms with Crippen LogP contribution >= 0.6 is 0 Å². The highest BCUT2D eigenvalue weighted by molar-refractivity contribution is 7.92. The van der Waals surface area contributed by atoms with Crippen molar-refractivity contribution in [2.24, 2.45) is 0 Å². The van der Waals surface area contributed by atoms with Crippen molar-refractivity contribution in [3.05, 3.63) is 59.2 Å². The van der Waals surface area contributed by atoms with E-state index in [4.69, 9.17) is 0 Å². The predicted molar refractivity (Wildman–Crippen MR) is 103 cm³/mol. The molecule has 1 amide bonds. The fourth-order valence-corrected chi connectivity index (χ4v) is 4.20. The molecular weight excluding hydrogens is 348 g/mol. The molecule has 138 valence electrons. The van der Waals surface area contributed by atoms with Crippen molar-refractivity contribution in [3.8, 4) is 0 Å². The lowest BCUT2D eigenvalue weighted by Gasteiger charge is -2.16. The summed E-state index contributed by atoms with van der Waals surface area (Å²) in [5, 5.41) is 2.88. The van der Waals surface area contributed by atoms with Gasteiger partial charge in [-0.25, -0.2) is 8.42 Å². The number of amides is 1. The Hall–Kier alpha value is -2.34. The molecule has 0 heterocycles. The first kappa shape index (κ1) is 18.5. The number of carbonyl (C=O) groups is 1. The molecule has 6 heteroatoms. The second kappa shape index (κ2) is 6.76. The molecular formula is C20H24N2O3S. The number of hydrogen-bond acceptors (Lipinski definition) is 3. The molecule has 2 N–H and O–H groups in total. The number of likely N-dealkylation sites (N-methyl/N-ethyl adjacent to an activating group) is 1. The number of benzene rings is 2. The number of anilines is 1. The Morgan fingerprint density at radius 1 is 1.04 bits per heavy atom. The van der Waals surface area contributed by atoms with Crippen molar-refractivity contribution >= 4 is 21.6 Å². The zero-order valence-corrected chi connectivity index (χ0v) is 16.1. The molecule has 1 aliphatic rings. The molecule has 0 aliphatic heterocycles. The second-order valence-corrected chi connectivity index (χ2v) is 8.55. The molecule has 0 spiro atoms. The van der Waals surface area contributed by atoms with Crippen molar-refractivity contribution in [3.63, 3.8) is 0 Å². The van der Waals surface area contributed by atoms with Gasteiger partial charge in [0.2, 0.25) is 5.91 Å². The maximum Gasteiger partial charge on any atom is 0.261 e. The van der Waals surface area contributed by atoms with Crippen molar-refractivity contribution in [2.45, 2.75) is 43.9 Å². The van der Waals surface area contributed by atoms with Gasteiger partial charge in [0, 0.05) is 12.2 Å². The summed E-state index contributed by atoms with van der Waals surface area (Å²) in [7, 11) is -3.64. The standard InChI is InChI=1S/C20H24N2O3S/c1-4-21-19(23)20(11-12-20)16-6-8-17(9-7-16)22-26(24,25)18-10-5-14(2)15(3)13-18/h5-10,13,22H,4,11-12H2,1-3H3,(H,21,23). The van der Waals surface area contributed by atoms with Crippen LogP contribution in [0.3, 0.4) is 0 Å². The third-order valence-electron chi connectivity index (χ3n) is 5.00. The van der Waals surface area contributed by atoms with Crippen LogP contribution in [0.4, 0.5) is 5.69 Å². The molecule has 2 aromatic rings. The second-order valence-electron chi connectivity index (χ2n) is 6.87. The minimum atomic E-state index is -3.64. The van der Waals surface area contributed by atoms with Gasteiger partial charge < -0.3 is 5.32 Å². The quantitative estimate of drug-likeness (QED) is 0.817. The van der Waals surface area contributed by atoms with Crippen LogP contribution in [0.2, 0.25) is 0 Å². The minimum absolute atomic E-state index is 0.0449. The van der Waals surface area contributed by atoms with Gasteiger partial charge in [-0.05, 0) is 74.6 Å². The molecule has 0 unspecified atom stereocenters. The molecule has 0 saturated heterocycles. The van der Waals surface area contributed by atoms with E-state index in [1.807, 2.05) is 32.9 Å². The Morgan fingerprint density at radius 2 is 1.69 bits per heavy atom. The Bertz CT molecular complexity index is 930. The number of carbonyl (C=O) groups excluding carboxylic acids is 1. The third kappa shape index (κ3) is 3.46. The number of nitrogens with one attached hydrogen (secondary N) is 2. The van der Waals surface area contributed by atoms with Crippen LogP contribution in [-0.2, 0) is 20.2 Å². The van der Waals surface area contributed by atoms with E-state index in [-0.39, 0.29) is 10.8 Å². The largest absolute Gasteiger partial charge is 0.356 e. The normalized spacial score (nSPS) is 15.3. The van der Waals surface area contributed by atoms with Crippen molar-refractivity contribution < 1.29 is 13.2 Å². The number of rotatable bonds is 6. The first-order valence-corrected chi connectivity index (χ1v) is 10.3.